The van der Waals surface area contributed by atoms with Gasteiger partial charge in [-0.25, -0.2) is 0 Å². The molecule has 0 bridgehead atoms. The zero-order chi connectivity index (χ0) is 15.4. The summed E-state index contributed by atoms with van der Waals surface area (Å²) in [7, 11) is 0. The molecule has 1 aromatic heterocycles. The van der Waals surface area contributed by atoms with Crippen LogP contribution in [0.15, 0.2) is 34.9 Å². The normalized spacial score (nSPS) is 10.7. The molecule has 0 aliphatic heterocycles. The average molecular weight is 360 g/mol. The van der Waals surface area contributed by atoms with Crippen molar-refractivity contribution in [3.63, 3.8) is 0 Å². The fourth-order valence-electron chi connectivity index (χ4n) is 1.66. The van der Waals surface area contributed by atoms with Crippen LogP contribution in [0.25, 0.3) is 0 Å². The molecule has 1 aromatic carbocycles. The molecule has 0 radical (unpaired) electrons. The first-order valence-corrected chi connectivity index (χ1v) is 6.88. The largest absolute Gasteiger partial charge is 0.433 e. The van der Waals surface area contributed by atoms with Crippen LogP contribution in [0.1, 0.15) is 17.4 Å². The molecular weight excluding hydrogens is 348 g/mol. The van der Waals surface area contributed by atoms with Crippen molar-refractivity contribution in [1.82, 2.24) is 9.78 Å². The highest BCUT2D eigenvalue weighted by Crippen LogP contribution is 2.26. The first kappa shape index (κ1) is 15.4. The number of para-hydroxylation sites is 2. The number of nitrogens with zero attached hydrogens (tertiary/aromatic N) is 2. The summed E-state index contributed by atoms with van der Waals surface area (Å²) < 4.78 is 31.1. The SMILES string of the molecule is CCn1cc(Br)c(C(=O)Nc2ccccc2OC(F)F)n1. The number of aromatic nitrogens is 2. The summed E-state index contributed by atoms with van der Waals surface area (Å²) in [5.41, 5.74) is 0.324. The van der Waals surface area contributed by atoms with Crippen LogP contribution >= 0.6 is 15.9 Å². The fraction of sp³-hybridized carbons (Fsp3) is 0.231. The van der Waals surface area contributed by atoms with Gasteiger partial charge in [0.1, 0.15) is 5.75 Å². The fourth-order valence-corrected chi connectivity index (χ4v) is 2.16. The average Bonchev–Trinajstić information content (AvgIpc) is 2.82. The Kier molecular flexibility index (Phi) is 4.89. The second-order valence-electron chi connectivity index (χ2n) is 4.01. The smallest absolute Gasteiger partial charge is 0.387 e. The quantitative estimate of drug-likeness (QED) is 0.888. The summed E-state index contributed by atoms with van der Waals surface area (Å²) in [5.74, 6) is -0.619. The van der Waals surface area contributed by atoms with Gasteiger partial charge in [0.2, 0.25) is 0 Å². The molecule has 0 fully saturated rings. The van der Waals surface area contributed by atoms with Crippen molar-refractivity contribution in [2.45, 2.75) is 20.1 Å². The molecule has 21 heavy (non-hydrogen) atoms. The van der Waals surface area contributed by atoms with Crippen LogP contribution in [-0.4, -0.2) is 22.3 Å². The molecule has 1 N–H and O–H groups in total. The van der Waals surface area contributed by atoms with E-state index in [2.05, 4.69) is 31.1 Å². The van der Waals surface area contributed by atoms with E-state index in [0.717, 1.165) is 0 Å². The molecule has 0 spiro atoms. The van der Waals surface area contributed by atoms with Gasteiger partial charge in [-0.1, -0.05) is 12.1 Å². The van der Waals surface area contributed by atoms with E-state index in [9.17, 15) is 13.6 Å². The van der Waals surface area contributed by atoms with Gasteiger partial charge in [0, 0.05) is 12.7 Å². The number of rotatable bonds is 5. The number of aryl methyl sites for hydroxylation is 1. The third kappa shape index (κ3) is 3.78. The molecule has 112 valence electrons. The van der Waals surface area contributed by atoms with Gasteiger partial charge in [-0.05, 0) is 35.0 Å². The van der Waals surface area contributed by atoms with E-state index in [1.165, 1.54) is 18.2 Å². The Morgan fingerprint density at radius 1 is 1.48 bits per heavy atom. The minimum atomic E-state index is -2.96. The van der Waals surface area contributed by atoms with Gasteiger partial charge in [0.15, 0.2) is 5.69 Å². The van der Waals surface area contributed by atoms with Crippen LogP contribution < -0.4 is 10.1 Å². The molecule has 5 nitrogen and oxygen atoms in total. The van der Waals surface area contributed by atoms with Crippen LogP contribution in [0, 0.1) is 0 Å². The van der Waals surface area contributed by atoms with Crippen LogP contribution in [0.2, 0.25) is 0 Å². The predicted molar refractivity (Wildman–Crippen MR) is 76.6 cm³/mol. The van der Waals surface area contributed by atoms with E-state index in [4.69, 9.17) is 0 Å². The standard InChI is InChI=1S/C13H12BrF2N3O2/c1-2-19-7-8(14)11(18-19)12(20)17-9-5-3-4-6-10(9)21-13(15)16/h3-7,13H,2H2,1H3,(H,17,20). The van der Waals surface area contributed by atoms with Gasteiger partial charge in [-0.15, -0.1) is 0 Å². The lowest BCUT2D eigenvalue weighted by Gasteiger charge is -2.10. The Hall–Kier alpha value is -1.96. The number of hydrogen-bond acceptors (Lipinski definition) is 3. The molecule has 1 heterocycles. The van der Waals surface area contributed by atoms with Crippen molar-refractivity contribution in [3.8, 4) is 5.75 Å². The maximum Gasteiger partial charge on any atom is 0.387 e. The van der Waals surface area contributed by atoms with E-state index in [-0.39, 0.29) is 17.1 Å². The zero-order valence-corrected chi connectivity index (χ0v) is 12.6. The third-order valence-corrected chi connectivity index (χ3v) is 3.19. The molecule has 0 aliphatic rings. The number of nitrogens with one attached hydrogen (secondary N) is 1. The number of carbonyl (C=O) groups excluding carboxylic acids is 1. The number of ether oxygens (including phenoxy) is 1. The minimum Gasteiger partial charge on any atom is -0.433 e. The van der Waals surface area contributed by atoms with Crippen molar-refractivity contribution >= 4 is 27.5 Å². The van der Waals surface area contributed by atoms with Gasteiger partial charge >= 0.3 is 6.61 Å². The number of carbonyl (C=O) groups is 1. The van der Waals surface area contributed by atoms with Crippen LogP contribution in [0.5, 0.6) is 5.75 Å². The summed E-state index contributed by atoms with van der Waals surface area (Å²) in [4.78, 5) is 12.1. The Morgan fingerprint density at radius 2 is 2.19 bits per heavy atom. The highest BCUT2D eigenvalue weighted by atomic mass is 79.9. The van der Waals surface area contributed by atoms with Crippen molar-refractivity contribution < 1.29 is 18.3 Å². The topological polar surface area (TPSA) is 56.2 Å². The van der Waals surface area contributed by atoms with E-state index >= 15 is 0 Å². The number of hydrogen-bond donors (Lipinski definition) is 1. The number of alkyl halides is 2. The Balaban J connectivity index is 2.21. The van der Waals surface area contributed by atoms with Crippen molar-refractivity contribution in [2.24, 2.45) is 0 Å². The zero-order valence-electron chi connectivity index (χ0n) is 11.0. The first-order valence-electron chi connectivity index (χ1n) is 6.09. The van der Waals surface area contributed by atoms with Gasteiger partial charge in [0.25, 0.3) is 5.91 Å². The van der Waals surface area contributed by atoms with Gasteiger partial charge < -0.3 is 10.1 Å². The number of amides is 1. The molecule has 0 saturated heterocycles. The maximum absolute atomic E-state index is 12.3. The monoisotopic (exact) mass is 359 g/mol. The molecule has 1 amide bonds. The molecule has 2 rings (SSSR count). The van der Waals surface area contributed by atoms with Gasteiger partial charge in [-0.2, -0.15) is 13.9 Å². The maximum atomic E-state index is 12.3. The first-order chi connectivity index (χ1) is 10.0. The highest BCUT2D eigenvalue weighted by Gasteiger charge is 2.17. The van der Waals surface area contributed by atoms with Crippen LogP contribution in [-0.2, 0) is 6.54 Å². The van der Waals surface area contributed by atoms with E-state index in [1.54, 1.807) is 16.9 Å². The van der Waals surface area contributed by atoms with Gasteiger partial charge in [-0.3, -0.25) is 9.48 Å². The lowest BCUT2D eigenvalue weighted by atomic mass is 10.3. The van der Waals surface area contributed by atoms with Crippen molar-refractivity contribution in [3.05, 3.63) is 40.6 Å². The number of halogens is 3. The Morgan fingerprint density at radius 3 is 2.81 bits per heavy atom. The number of anilines is 1. The molecule has 0 unspecified atom stereocenters. The second-order valence-corrected chi connectivity index (χ2v) is 4.86. The van der Waals surface area contributed by atoms with Crippen molar-refractivity contribution in [1.29, 1.82) is 0 Å². The predicted octanol–water partition coefficient (Wildman–Crippen LogP) is 3.52. The Labute approximate surface area is 128 Å². The van der Waals surface area contributed by atoms with E-state index < -0.39 is 12.5 Å². The Bertz CT molecular complexity index is 646. The number of benzene rings is 1. The lowest BCUT2D eigenvalue weighted by Crippen LogP contribution is -2.15. The molecular formula is C13H12BrF2N3O2. The molecule has 0 atom stereocenters. The highest BCUT2D eigenvalue weighted by molar-refractivity contribution is 9.10. The van der Waals surface area contributed by atoms with Crippen molar-refractivity contribution in [2.75, 3.05) is 5.32 Å². The van der Waals surface area contributed by atoms with E-state index in [0.29, 0.717) is 11.0 Å². The summed E-state index contributed by atoms with van der Waals surface area (Å²) in [6.07, 6.45) is 1.66. The summed E-state index contributed by atoms with van der Waals surface area (Å²) in [5, 5.41) is 6.59. The molecule has 8 heteroatoms. The molecule has 2 aromatic rings. The van der Waals surface area contributed by atoms with Gasteiger partial charge in [0.05, 0.1) is 10.2 Å². The summed E-state index contributed by atoms with van der Waals surface area (Å²) in [6, 6.07) is 5.96. The summed E-state index contributed by atoms with van der Waals surface area (Å²) in [6.45, 7) is -0.474. The minimum absolute atomic E-state index is 0.105. The second kappa shape index (κ2) is 6.66. The van der Waals surface area contributed by atoms with Crippen LogP contribution in [0.4, 0.5) is 14.5 Å². The molecule has 0 saturated carbocycles. The molecule has 0 aliphatic carbocycles. The third-order valence-electron chi connectivity index (χ3n) is 2.61. The lowest BCUT2D eigenvalue weighted by molar-refractivity contribution is -0.0493. The van der Waals surface area contributed by atoms with Crippen LogP contribution in [0.3, 0.4) is 0 Å². The summed E-state index contributed by atoms with van der Waals surface area (Å²) >= 11 is 3.24. The van der Waals surface area contributed by atoms with E-state index in [1.807, 2.05) is 6.92 Å².